The Balaban J connectivity index is 0.000000364. The van der Waals surface area contributed by atoms with E-state index in [0.29, 0.717) is 0 Å². The van der Waals surface area contributed by atoms with Crippen LogP contribution < -0.4 is 10.9 Å². The van der Waals surface area contributed by atoms with Crippen molar-refractivity contribution in [2.24, 2.45) is 0 Å². The van der Waals surface area contributed by atoms with Gasteiger partial charge in [0.15, 0.2) is 0 Å². The molecule has 2 radical (unpaired) electrons. The number of hydrogen-bond acceptors (Lipinski definition) is 0. The minimum absolute atomic E-state index is 0. The summed E-state index contributed by atoms with van der Waals surface area (Å²) in [6.07, 6.45) is 0. The zero-order valence-corrected chi connectivity index (χ0v) is 15.4. The van der Waals surface area contributed by atoms with E-state index in [4.69, 9.17) is 19.8 Å². The van der Waals surface area contributed by atoms with Gasteiger partial charge in [-0.05, 0) is 25.0 Å². The second-order valence-electron chi connectivity index (χ2n) is 4.43. The topological polar surface area (TPSA) is 88.6 Å². The molecule has 106 valence electrons. The van der Waals surface area contributed by atoms with Gasteiger partial charge in [0.05, 0.1) is 12.1 Å². The Labute approximate surface area is 141 Å². The van der Waals surface area contributed by atoms with Gasteiger partial charge in [-0.2, -0.15) is 0 Å². The maximum atomic E-state index is 9.02. The van der Waals surface area contributed by atoms with Crippen LogP contribution in [0.5, 0.6) is 11.5 Å². The molecule has 0 fully saturated rings. The summed E-state index contributed by atoms with van der Waals surface area (Å²) < 4.78 is 0. The van der Waals surface area contributed by atoms with Crippen LogP contribution in [0.4, 0.5) is 0 Å². The van der Waals surface area contributed by atoms with Crippen molar-refractivity contribution in [3.05, 3.63) is 70.5 Å². The van der Waals surface area contributed by atoms with Crippen molar-refractivity contribution in [1.29, 1.82) is 0 Å². The molecule has 0 bridgehead atoms. The summed E-state index contributed by atoms with van der Waals surface area (Å²) in [6, 6.07) is 13.4. The minimum Gasteiger partial charge on any atom is -0.587 e. The Bertz CT molecular complexity index is 651. The first-order valence-corrected chi connectivity index (χ1v) is 6.09. The maximum absolute atomic E-state index is 9.02. The molecular weight excluding hydrogens is 465 g/mol. The molecule has 0 aromatic heterocycles. The number of hydrogen-bond donors (Lipinski definition) is 0. The van der Waals surface area contributed by atoms with Gasteiger partial charge in [0.2, 0.25) is 0 Å². The second kappa shape index (κ2) is 9.25. The van der Waals surface area contributed by atoms with Crippen molar-refractivity contribution >= 4 is 26.2 Å². The molecule has 0 atom stereocenters. The standard InChI is InChI=1S/2C8H8O2.Bi/c2*1-6-3-2-4-7(9)8(10)5-6;/h2*2-5H,1H3,(H,9,10);/q;;+3/p+4. The normalized spacial score (nSPS) is 8.86. The summed E-state index contributed by atoms with van der Waals surface area (Å²) >= 11 is 0. The Morgan fingerprint density at radius 1 is 0.714 bits per heavy atom. The molecule has 0 unspecified atom stereocenters. The summed E-state index contributed by atoms with van der Waals surface area (Å²) in [4.78, 5) is 18.0. The van der Waals surface area contributed by atoms with Gasteiger partial charge < -0.3 is 10.2 Å². The fourth-order valence-corrected chi connectivity index (χ4v) is 1.46. The molecule has 5 heteroatoms. The van der Waals surface area contributed by atoms with E-state index >= 15 is 0 Å². The zero-order chi connectivity index (χ0) is 15.1. The van der Waals surface area contributed by atoms with E-state index in [9.17, 15) is 0 Å². The van der Waals surface area contributed by atoms with Crippen molar-refractivity contribution in [3.63, 3.8) is 0 Å². The van der Waals surface area contributed by atoms with Gasteiger partial charge in [0.25, 0.3) is 0 Å². The predicted octanol–water partition coefficient (Wildman–Crippen LogP) is 0.494. The Morgan fingerprint density at radius 3 is 1.38 bits per heavy atom. The van der Waals surface area contributed by atoms with Crippen LogP contribution in [0.25, 0.3) is 0 Å². The third-order valence-electron chi connectivity index (χ3n) is 2.52. The molecule has 0 amide bonds. The molecule has 0 aliphatic carbocycles. The molecule has 0 heterocycles. The van der Waals surface area contributed by atoms with Gasteiger partial charge in [-0.15, -0.1) is 0 Å². The molecular formula is C16H20BiO4+7. The van der Waals surface area contributed by atoms with Crippen LogP contribution in [-0.4, -0.2) is 46.0 Å². The van der Waals surface area contributed by atoms with E-state index < -0.39 is 0 Å². The monoisotopic (exact) mass is 485 g/mol. The summed E-state index contributed by atoms with van der Waals surface area (Å²) in [6.45, 7) is 3.77. The summed E-state index contributed by atoms with van der Waals surface area (Å²) in [5.74, 6) is 0.338. The number of aryl methyl sites for hydroxylation is 2. The zero-order valence-electron chi connectivity index (χ0n) is 12.0. The average molecular weight is 485 g/mol. The Kier molecular flexibility index (Phi) is 8.48. The third kappa shape index (κ3) is 7.00. The molecule has 0 saturated carbocycles. The van der Waals surface area contributed by atoms with Crippen molar-refractivity contribution < 1.29 is 19.8 Å². The smallest absolute Gasteiger partial charge is 0.587 e. The van der Waals surface area contributed by atoms with Crippen molar-refractivity contribution in [2.45, 2.75) is 13.8 Å². The first-order chi connectivity index (χ1) is 9.40. The molecule has 0 spiro atoms. The molecule has 0 aliphatic heterocycles. The van der Waals surface area contributed by atoms with E-state index in [2.05, 4.69) is 0 Å². The van der Waals surface area contributed by atoms with E-state index in [-0.39, 0.29) is 48.6 Å². The van der Waals surface area contributed by atoms with Gasteiger partial charge >= 0.3 is 48.6 Å². The van der Waals surface area contributed by atoms with Gasteiger partial charge in [-0.3, -0.25) is 9.59 Å². The van der Waals surface area contributed by atoms with Gasteiger partial charge in [-0.25, -0.2) is 0 Å². The molecule has 2 aromatic carbocycles. The Hall–Kier alpha value is -1.74. The molecule has 2 aromatic rings. The van der Waals surface area contributed by atoms with Crippen LogP contribution in [0.1, 0.15) is 11.1 Å². The fraction of sp³-hybridized carbons (Fsp3) is 0.125. The van der Waals surface area contributed by atoms with Gasteiger partial charge in [0.1, 0.15) is 0 Å². The number of rotatable bonds is 0. The van der Waals surface area contributed by atoms with Crippen LogP contribution in [0.2, 0.25) is 0 Å². The first kappa shape index (κ1) is 19.3. The van der Waals surface area contributed by atoms with Crippen molar-refractivity contribution in [3.8, 4) is 11.5 Å². The quantitative estimate of drug-likeness (QED) is 0.385. The molecule has 2 rings (SSSR count). The largest absolute Gasteiger partial charge is 3.00 e. The van der Waals surface area contributed by atoms with Crippen LogP contribution in [-0.2, 0) is 0 Å². The van der Waals surface area contributed by atoms with E-state index in [1.165, 1.54) is 12.1 Å². The molecule has 0 aliphatic rings. The van der Waals surface area contributed by atoms with E-state index in [0.717, 1.165) is 11.1 Å². The Morgan fingerprint density at radius 2 is 1.05 bits per heavy atom. The third-order valence-corrected chi connectivity index (χ3v) is 2.52. The summed E-state index contributed by atoms with van der Waals surface area (Å²) in [5, 5.41) is 14.5. The molecule has 6 N–H and O–H groups in total. The summed E-state index contributed by atoms with van der Waals surface area (Å²) in [5.41, 5.74) is 2.00. The minimum atomic E-state index is 0. The first-order valence-electron chi connectivity index (χ1n) is 6.09. The van der Waals surface area contributed by atoms with E-state index in [1.54, 1.807) is 24.3 Å². The predicted molar refractivity (Wildman–Crippen MR) is 84.4 cm³/mol. The van der Waals surface area contributed by atoms with Gasteiger partial charge in [0, 0.05) is 12.1 Å². The van der Waals surface area contributed by atoms with Crippen LogP contribution in [0, 0.1) is 13.8 Å². The second-order valence-corrected chi connectivity index (χ2v) is 4.43. The van der Waals surface area contributed by atoms with Crippen molar-refractivity contribution in [2.75, 3.05) is 0 Å². The molecule has 0 saturated heterocycles. The maximum Gasteiger partial charge on any atom is 3.00 e. The van der Waals surface area contributed by atoms with Crippen LogP contribution >= 0.6 is 0 Å². The van der Waals surface area contributed by atoms with Crippen LogP contribution in [0.15, 0.2) is 48.5 Å². The van der Waals surface area contributed by atoms with Gasteiger partial charge in [-0.1, -0.05) is 24.3 Å². The van der Waals surface area contributed by atoms with Crippen LogP contribution in [0.3, 0.4) is 0 Å². The van der Waals surface area contributed by atoms with Crippen molar-refractivity contribution in [1.82, 2.24) is 0 Å². The average Bonchev–Trinajstić information content (AvgIpc) is 2.60. The fourth-order valence-electron chi connectivity index (χ4n) is 1.46. The van der Waals surface area contributed by atoms with E-state index in [1.807, 2.05) is 26.0 Å². The molecule has 21 heavy (non-hydrogen) atoms. The SMILES string of the molecule is Cc1cccc(=[OH+])c([OH2+])c1.Cc1cccc(=[OH+])c([OH2+])c1.[Bi+3]. The summed E-state index contributed by atoms with van der Waals surface area (Å²) in [7, 11) is 0. The molecule has 4 nitrogen and oxygen atoms in total.